The number of nitrogens with zero attached hydrogens (tertiary/aromatic N) is 1. The van der Waals surface area contributed by atoms with Crippen LogP contribution in [-0.4, -0.2) is 18.3 Å². The van der Waals surface area contributed by atoms with Crippen LogP contribution in [0.5, 0.6) is 0 Å². The first-order valence-corrected chi connectivity index (χ1v) is 4.86. The van der Waals surface area contributed by atoms with Gasteiger partial charge in [0.05, 0.1) is 10.5 Å². The van der Waals surface area contributed by atoms with Crippen LogP contribution in [-0.2, 0) is 4.84 Å². The molecule has 0 amide bonds. The predicted octanol–water partition coefficient (Wildman–Crippen LogP) is 2.35. The van der Waals surface area contributed by atoms with Crippen molar-refractivity contribution in [2.24, 2.45) is 0 Å². The molecule has 15 heavy (non-hydrogen) atoms. The molecule has 0 unspecified atom stereocenters. The summed E-state index contributed by atoms with van der Waals surface area (Å²) in [6.45, 7) is 0. The maximum Gasteiger partial charge on any atom is 0.327 e. The molecule has 0 spiro atoms. The summed E-state index contributed by atoms with van der Waals surface area (Å²) in [5, 5.41) is 0. The minimum atomic E-state index is 0.261. The van der Waals surface area contributed by atoms with Crippen LogP contribution < -0.4 is 0 Å². The second kappa shape index (κ2) is 3.81. The van der Waals surface area contributed by atoms with E-state index in [9.17, 15) is 9.70 Å². The zero-order valence-corrected chi connectivity index (χ0v) is 8.47. The summed E-state index contributed by atoms with van der Waals surface area (Å²) in [5.41, 5.74) is 1.78. The Hall–Kier alpha value is -1.71. The van der Waals surface area contributed by atoms with Crippen LogP contribution in [0.1, 0.15) is 34.7 Å². The van der Waals surface area contributed by atoms with E-state index in [0.717, 1.165) is 5.56 Å². The van der Waals surface area contributed by atoms with Crippen molar-refractivity contribution in [2.45, 2.75) is 18.8 Å². The van der Waals surface area contributed by atoms with Gasteiger partial charge in [-0.25, -0.2) is 4.84 Å². The molecule has 0 aromatic heterocycles. The summed E-state index contributed by atoms with van der Waals surface area (Å²) < 4.78 is 0. The van der Waals surface area contributed by atoms with Crippen molar-refractivity contribution in [1.29, 1.82) is 0 Å². The molecule has 1 aliphatic carbocycles. The Bertz CT molecular complexity index is 410. The Kier molecular flexibility index (Phi) is 2.49. The Labute approximate surface area is 87.4 Å². The highest BCUT2D eigenvalue weighted by Crippen LogP contribution is 2.41. The minimum Gasteiger partial charge on any atom is -0.298 e. The van der Waals surface area contributed by atoms with Gasteiger partial charge in [0, 0.05) is 6.07 Å². The van der Waals surface area contributed by atoms with Crippen LogP contribution in [0.2, 0.25) is 0 Å². The SMILES string of the molecule is CO[N+](=O)c1ccc(C2CC2)cc1C=O. The van der Waals surface area contributed by atoms with Gasteiger partial charge in [-0.1, -0.05) is 6.07 Å². The number of carbonyl (C=O) groups excluding carboxylic acids is 1. The lowest BCUT2D eigenvalue weighted by atomic mass is 10.1. The summed E-state index contributed by atoms with van der Waals surface area (Å²) in [6, 6.07) is 5.28. The molecule has 1 aromatic rings. The minimum absolute atomic E-state index is 0.261. The van der Waals surface area contributed by atoms with Crippen molar-refractivity contribution in [3.63, 3.8) is 0 Å². The van der Waals surface area contributed by atoms with Gasteiger partial charge in [0.25, 0.3) is 4.92 Å². The number of carbonyl (C=O) groups is 1. The van der Waals surface area contributed by atoms with Gasteiger partial charge in [-0.3, -0.25) is 4.79 Å². The molecule has 0 heterocycles. The van der Waals surface area contributed by atoms with E-state index >= 15 is 0 Å². The van der Waals surface area contributed by atoms with E-state index in [1.807, 2.05) is 6.07 Å². The van der Waals surface area contributed by atoms with E-state index in [2.05, 4.69) is 4.84 Å². The van der Waals surface area contributed by atoms with E-state index in [1.54, 1.807) is 12.1 Å². The lowest BCUT2D eigenvalue weighted by molar-refractivity contribution is -0.736. The van der Waals surface area contributed by atoms with Crippen LogP contribution in [0.4, 0.5) is 5.69 Å². The molecule has 1 saturated carbocycles. The van der Waals surface area contributed by atoms with Gasteiger partial charge >= 0.3 is 5.69 Å². The fourth-order valence-corrected chi connectivity index (χ4v) is 1.60. The van der Waals surface area contributed by atoms with Gasteiger partial charge in [-0.05, 0) is 30.4 Å². The molecular weight excluding hydrogens is 194 g/mol. The molecule has 0 N–H and O–H groups in total. The second-order valence-corrected chi connectivity index (χ2v) is 3.65. The van der Waals surface area contributed by atoms with Crippen molar-refractivity contribution in [3.8, 4) is 0 Å². The smallest absolute Gasteiger partial charge is 0.298 e. The van der Waals surface area contributed by atoms with E-state index in [0.29, 0.717) is 22.7 Å². The molecule has 0 bridgehead atoms. The van der Waals surface area contributed by atoms with Gasteiger partial charge in [0.1, 0.15) is 0 Å². The molecule has 0 atom stereocenters. The Balaban J connectivity index is 2.38. The summed E-state index contributed by atoms with van der Waals surface area (Å²) >= 11 is 0. The average Bonchev–Trinajstić information content (AvgIpc) is 3.11. The monoisotopic (exact) mass is 206 g/mol. The van der Waals surface area contributed by atoms with E-state index in [-0.39, 0.29) is 5.69 Å². The number of hydrogen-bond donors (Lipinski definition) is 0. The zero-order chi connectivity index (χ0) is 10.8. The largest absolute Gasteiger partial charge is 0.327 e. The third-order valence-corrected chi connectivity index (χ3v) is 2.59. The standard InChI is InChI=1S/C11H12NO3/c1-15-12(14)11-5-4-9(8-2-3-8)6-10(11)7-13/h4-8H,2-3H2,1H3/q+1. The topological polar surface area (TPSA) is 46.4 Å². The molecule has 2 rings (SSSR count). The molecule has 4 heteroatoms. The van der Waals surface area contributed by atoms with Crippen molar-refractivity contribution < 1.29 is 14.6 Å². The fourth-order valence-electron chi connectivity index (χ4n) is 1.60. The predicted molar refractivity (Wildman–Crippen MR) is 54.1 cm³/mol. The van der Waals surface area contributed by atoms with E-state index in [4.69, 9.17) is 0 Å². The molecule has 0 saturated heterocycles. The molecule has 0 radical (unpaired) electrons. The van der Waals surface area contributed by atoms with Gasteiger partial charge in [-0.15, -0.1) is 0 Å². The van der Waals surface area contributed by atoms with Gasteiger partial charge < -0.3 is 0 Å². The summed E-state index contributed by atoms with van der Waals surface area (Å²) in [4.78, 5) is 26.9. The quantitative estimate of drug-likeness (QED) is 0.561. The molecule has 4 nitrogen and oxygen atoms in total. The fraction of sp³-hybridized carbons (Fsp3) is 0.364. The van der Waals surface area contributed by atoms with Crippen LogP contribution in [0, 0.1) is 4.91 Å². The van der Waals surface area contributed by atoms with Gasteiger partial charge in [0.15, 0.2) is 13.4 Å². The molecule has 1 aliphatic rings. The van der Waals surface area contributed by atoms with Crippen molar-refractivity contribution in [2.75, 3.05) is 7.11 Å². The number of benzene rings is 1. The normalized spacial score (nSPS) is 14.7. The first kappa shape index (κ1) is 9.83. The molecule has 1 fully saturated rings. The zero-order valence-electron chi connectivity index (χ0n) is 8.47. The summed E-state index contributed by atoms with van der Waals surface area (Å²) in [6.07, 6.45) is 3.02. The maximum atomic E-state index is 11.2. The first-order chi connectivity index (χ1) is 7.26. The second-order valence-electron chi connectivity index (χ2n) is 3.65. The number of rotatable bonds is 4. The lowest BCUT2D eigenvalue weighted by Crippen LogP contribution is -2.02. The molecule has 78 valence electrons. The molecular formula is C11H12NO3+. The highest BCUT2D eigenvalue weighted by molar-refractivity contribution is 5.81. The van der Waals surface area contributed by atoms with Crippen LogP contribution >= 0.6 is 0 Å². The molecule has 1 aromatic carbocycles. The van der Waals surface area contributed by atoms with Crippen LogP contribution in [0.15, 0.2) is 18.2 Å². The number of aldehydes is 1. The highest BCUT2D eigenvalue weighted by Gasteiger charge is 2.27. The third-order valence-electron chi connectivity index (χ3n) is 2.59. The average molecular weight is 206 g/mol. The van der Waals surface area contributed by atoms with Crippen molar-refractivity contribution in [3.05, 3.63) is 34.2 Å². The number of hydrogen-bond acceptors (Lipinski definition) is 3. The van der Waals surface area contributed by atoms with E-state index in [1.165, 1.54) is 20.0 Å². The van der Waals surface area contributed by atoms with Crippen molar-refractivity contribution >= 4 is 12.0 Å². The van der Waals surface area contributed by atoms with Crippen LogP contribution in [0.3, 0.4) is 0 Å². The highest BCUT2D eigenvalue weighted by atomic mass is 16.8. The van der Waals surface area contributed by atoms with Gasteiger partial charge in [0.2, 0.25) is 0 Å². The molecule has 0 aliphatic heterocycles. The summed E-state index contributed by atoms with van der Waals surface area (Å²) in [5.74, 6) is 0.570. The lowest BCUT2D eigenvalue weighted by Gasteiger charge is -1.98. The van der Waals surface area contributed by atoms with Crippen LogP contribution in [0.25, 0.3) is 0 Å². The van der Waals surface area contributed by atoms with Gasteiger partial charge in [-0.2, -0.15) is 0 Å². The third kappa shape index (κ3) is 1.88. The Morgan fingerprint density at radius 2 is 2.20 bits per heavy atom. The summed E-state index contributed by atoms with van der Waals surface area (Å²) in [7, 11) is 1.27. The van der Waals surface area contributed by atoms with Crippen molar-refractivity contribution in [1.82, 2.24) is 0 Å². The first-order valence-electron chi connectivity index (χ1n) is 4.86. The maximum absolute atomic E-state index is 11.2. The van der Waals surface area contributed by atoms with E-state index < -0.39 is 0 Å². The Morgan fingerprint density at radius 3 is 2.73 bits per heavy atom. The Morgan fingerprint density at radius 1 is 1.47 bits per heavy atom.